The van der Waals surface area contributed by atoms with Crippen molar-refractivity contribution in [2.24, 2.45) is 0 Å². The summed E-state index contributed by atoms with van der Waals surface area (Å²) in [6, 6.07) is 2.04. The number of fused-ring (bicyclic) bond motifs is 1. The minimum atomic E-state index is -4.58. The van der Waals surface area contributed by atoms with Crippen molar-refractivity contribution in [3.8, 4) is 0 Å². The lowest BCUT2D eigenvalue weighted by atomic mass is 10.3. The van der Waals surface area contributed by atoms with Gasteiger partial charge in [0.15, 0.2) is 11.3 Å². The Balaban J connectivity index is 2.62. The molecule has 0 bridgehead atoms. The molecule has 2 aromatic rings. The van der Waals surface area contributed by atoms with E-state index in [-0.39, 0.29) is 23.6 Å². The van der Waals surface area contributed by atoms with Crippen molar-refractivity contribution in [2.45, 2.75) is 20.0 Å². The van der Waals surface area contributed by atoms with Crippen molar-refractivity contribution in [3.63, 3.8) is 0 Å². The average Bonchev–Trinajstić information content (AvgIpc) is 2.70. The fraction of sp³-hybridized carbons (Fsp3) is 0.364. The van der Waals surface area contributed by atoms with Crippen LogP contribution in [0.25, 0.3) is 5.65 Å². The third-order valence-electron chi connectivity index (χ3n) is 2.33. The van der Waals surface area contributed by atoms with E-state index in [0.29, 0.717) is 4.52 Å². The summed E-state index contributed by atoms with van der Waals surface area (Å²) < 4.78 is 43.8. The molecule has 0 saturated carbocycles. The zero-order valence-corrected chi connectivity index (χ0v) is 10.2. The number of aryl methyl sites for hydroxylation is 1. The highest BCUT2D eigenvalue weighted by Crippen LogP contribution is 2.29. The van der Waals surface area contributed by atoms with Gasteiger partial charge in [0.25, 0.3) is 0 Å². The Morgan fingerprint density at radius 1 is 1.42 bits per heavy atom. The molecule has 0 spiro atoms. The maximum absolute atomic E-state index is 12.9. The van der Waals surface area contributed by atoms with Crippen molar-refractivity contribution in [2.75, 3.05) is 6.61 Å². The summed E-state index contributed by atoms with van der Waals surface area (Å²) >= 11 is 0. The average molecular weight is 273 g/mol. The number of carbonyl (C=O) groups excluding carboxylic acids is 1. The van der Waals surface area contributed by atoms with E-state index in [1.54, 1.807) is 6.92 Å². The summed E-state index contributed by atoms with van der Waals surface area (Å²) in [6.45, 7) is 3.15. The normalized spacial score (nSPS) is 11.8. The maximum atomic E-state index is 12.9. The number of nitrogens with zero attached hydrogens (tertiary/aromatic N) is 3. The molecule has 0 radical (unpaired) electrons. The fourth-order valence-corrected chi connectivity index (χ4v) is 1.61. The number of rotatable bonds is 2. The molecular weight excluding hydrogens is 263 g/mol. The van der Waals surface area contributed by atoms with Gasteiger partial charge in [-0.1, -0.05) is 0 Å². The summed E-state index contributed by atoms with van der Waals surface area (Å²) in [4.78, 5) is 15.4. The minimum absolute atomic E-state index is 0.0459. The number of esters is 1. The zero-order valence-electron chi connectivity index (χ0n) is 10.2. The van der Waals surface area contributed by atoms with Crippen molar-refractivity contribution in [1.29, 1.82) is 0 Å². The van der Waals surface area contributed by atoms with Crippen LogP contribution in [0.1, 0.15) is 28.8 Å². The van der Waals surface area contributed by atoms with Crippen LogP contribution in [0.4, 0.5) is 13.2 Å². The molecule has 102 valence electrons. The lowest BCUT2D eigenvalue weighted by molar-refractivity contribution is -0.142. The minimum Gasteiger partial charge on any atom is -0.461 e. The van der Waals surface area contributed by atoms with Gasteiger partial charge in [-0.05, 0) is 19.9 Å². The van der Waals surface area contributed by atoms with Gasteiger partial charge in [-0.25, -0.2) is 14.3 Å². The molecule has 0 saturated heterocycles. The molecule has 0 atom stereocenters. The zero-order chi connectivity index (χ0) is 14.2. The van der Waals surface area contributed by atoms with E-state index < -0.39 is 17.8 Å². The smallest absolute Gasteiger partial charge is 0.433 e. The van der Waals surface area contributed by atoms with Gasteiger partial charge in [-0.15, -0.1) is 0 Å². The second-order valence-corrected chi connectivity index (χ2v) is 3.80. The van der Waals surface area contributed by atoms with Gasteiger partial charge in [0.2, 0.25) is 0 Å². The number of hydrogen-bond acceptors (Lipinski definition) is 4. The van der Waals surface area contributed by atoms with E-state index in [1.165, 1.54) is 13.0 Å². The van der Waals surface area contributed by atoms with Gasteiger partial charge >= 0.3 is 12.1 Å². The molecule has 0 aliphatic heterocycles. The standard InChI is InChI=1S/C11H10F3N3O2/c1-3-19-10(18)7-5-9-15-6(2)4-8(11(12,13)14)17(9)16-7/h4-5H,3H2,1-2H3. The van der Waals surface area contributed by atoms with E-state index in [0.717, 1.165) is 6.07 Å². The van der Waals surface area contributed by atoms with Gasteiger partial charge in [0.05, 0.1) is 6.61 Å². The van der Waals surface area contributed by atoms with Crippen LogP contribution in [0.3, 0.4) is 0 Å². The fourth-order valence-electron chi connectivity index (χ4n) is 1.61. The molecule has 0 unspecified atom stereocenters. The molecule has 0 amide bonds. The summed E-state index contributed by atoms with van der Waals surface area (Å²) in [5, 5.41) is 3.60. The Labute approximate surface area is 106 Å². The second kappa shape index (κ2) is 4.52. The molecule has 5 nitrogen and oxygen atoms in total. The molecule has 19 heavy (non-hydrogen) atoms. The lowest BCUT2D eigenvalue weighted by Crippen LogP contribution is -2.14. The van der Waals surface area contributed by atoms with Crippen molar-refractivity contribution in [3.05, 3.63) is 29.2 Å². The molecule has 0 N–H and O–H groups in total. The van der Waals surface area contributed by atoms with E-state index in [9.17, 15) is 18.0 Å². The SMILES string of the molecule is CCOC(=O)c1cc2nc(C)cc(C(F)(F)F)n2n1. The highest BCUT2D eigenvalue weighted by Gasteiger charge is 2.35. The first kappa shape index (κ1) is 13.3. The molecule has 0 aliphatic carbocycles. The van der Waals surface area contributed by atoms with Gasteiger partial charge in [-0.2, -0.15) is 18.3 Å². The van der Waals surface area contributed by atoms with Crippen LogP contribution in [0.15, 0.2) is 12.1 Å². The molecule has 0 fully saturated rings. The molecule has 2 rings (SSSR count). The quantitative estimate of drug-likeness (QED) is 0.787. The molecule has 0 aliphatic rings. The predicted molar refractivity (Wildman–Crippen MR) is 58.7 cm³/mol. The highest BCUT2D eigenvalue weighted by molar-refractivity contribution is 5.88. The van der Waals surface area contributed by atoms with Crippen LogP contribution < -0.4 is 0 Å². The largest absolute Gasteiger partial charge is 0.461 e. The van der Waals surface area contributed by atoms with Crippen LogP contribution in [0, 0.1) is 6.92 Å². The number of alkyl halides is 3. The second-order valence-electron chi connectivity index (χ2n) is 3.80. The highest BCUT2D eigenvalue weighted by atomic mass is 19.4. The number of aromatic nitrogens is 3. The maximum Gasteiger partial charge on any atom is 0.433 e. The lowest BCUT2D eigenvalue weighted by Gasteiger charge is -2.08. The number of halogens is 3. The first-order valence-corrected chi connectivity index (χ1v) is 5.44. The first-order chi connectivity index (χ1) is 8.82. The van der Waals surface area contributed by atoms with Crippen LogP contribution >= 0.6 is 0 Å². The van der Waals surface area contributed by atoms with Crippen molar-refractivity contribution >= 4 is 11.6 Å². The summed E-state index contributed by atoms with van der Waals surface area (Å²) in [5.74, 6) is -0.779. The topological polar surface area (TPSA) is 56.5 Å². The van der Waals surface area contributed by atoms with Gasteiger partial charge < -0.3 is 4.74 Å². The Morgan fingerprint density at radius 3 is 2.68 bits per heavy atom. The molecule has 8 heteroatoms. The van der Waals surface area contributed by atoms with Crippen LogP contribution in [0.5, 0.6) is 0 Å². The Morgan fingerprint density at radius 2 is 2.11 bits per heavy atom. The van der Waals surface area contributed by atoms with Gasteiger partial charge in [-0.3, -0.25) is 0 Å². The number of hydrogen-bond donors (Lipinski definition) is 0. The third kappa shape index (κ3) is 2.51. The Bertz CT molecular complexity index is 634. The predicted octanol–water partition coefficient (Wildman–Crippen LogP) is 2.23. The summed E-state index contributed by atoms with van der Waals surface area (Å²) in [7, 11) is 0. The number of carbonyl (C=O) groups is 1. The Hall–Kier alpha value is -2.12. The van der Waals surface area contributed by atoms with Crippen molar-refractivity contribution in [1.82, 2.24) is 14.6 Å². The van der Waals surface area contributed by atoms with Crippen molar-refractivity contribution < 1.29 is 22.7 Å². The summed E-state index contributed by atoms with van der Waals surface area (Å²) in [5.41, 5.74) is -1.04. The monoisotopic (exact) mass is 273 g/mol. The van der Waals surface area contributed by atoms with E-state index in [4.69, 9.17) is 0 Å². The molecule has 2 heterocycles. The van der Waals surface area contributed by atoms with E-state index in [2.05, 4.69) is 14.8 Å². The molecule has 2 aromatic heterocycles. The third-order valence-corrected chi connectivity index (χ3v) is 2.33. The summed E-state index contributed by atoms with van der Waals surface area (Å²) in [6.07, 6.45) is -4.58. The molecular formula is C11H10F3N3O2. The number of ether oxygens (including phenoxy) is 1. The van der Waals surface area contributed by atoms with Crippen LogP contribution in [-0.2, 0) is 10.9 Å². The van der Waals surface area contributed by atoms with Gasteiger partial charge in [0, 0.05) is 11.8 Å². The van der Waals surface area contributed by atoms with E-state index >= 15 is 0 Å². The van der Waals surface area contributed by atoms with Crippen LogP contribution in [-0.4, -0.2) is 27.2 Å². The van der Waals surface area contributed by atoms with E-state index in [1.807, 2.05) is 0 Å². The van der Waals surface area contributed by atoms with Gasteiger partial charge in [0.1, 0.15) is 5.69 Å². The molecule has 0 aromatic carbocycles. The first-order valence-electron chi connectivity index (χ1n) is 5.44. The van der Waals surface area contributed by atoms with Crippen LogP contribution in [0.2, 0.25) is 0 Å². The Kier molecular flexibility index (Phi) is 3.17.